The molecular weight excluding hydrogens is 306 g/mol. The summed E-state index contributed by atoms with van der Waals surface area (Å²) < 4.78 is 0. The summed E-state index contributed by atoms with van der Waals surface area (Å²) in [5.74, 6) is -1.20. The van der Waals surface area contributed by atoms with Gasteiger partial charge >= 0.3 is 0 Å². The van der Waals surface area contributed by atoms with E-state index in [4.69, 9.17) is 11.6 Å². The first-order valence-corrected chi connectivity index (χ1v) is 7.54. The summed E-state index contributed by atoms with van der Waals surface area (Å²) >= 11 is 5.56. The lowest BCUT2D eigenvalue weighted by Gasteiger charge is -2.34. The third-order valence-electron chi connectivity index (χ3n) is 3.48. The van der Waals surface area contributed by atoms with Crippen LogP contribution in [0.1, 0.15) is 12.0 Å². The molecule has 0 aliphatic carbocycles. The minimum absolute atomic E-state index is 0.0949. The van der Waals surface area contributed by atoms with Crippen molar-refractivity contribution >= 4 is 35.0 Å². The van der Waals surface area contributed by atoms with E-state index in [1.165, 1.54) is 4.90 Å². The number of halogens is 1. The number of nitrogens with one attached hydrogen (secondary N) is 2. The Morgan fingerprint density at radius 2 is 2.05 bits per heavy atom. The lowest BCUT2D eigenvalue weighted by molar-refractivity contribution is -0.143. The molecule has 1 aromatic carbocycles. The van der Waals surface area contributed by atoms with Gasteiger partial charge in [-0.3, -0.25) is 14.4 Å². The van der Waals surface area contributed by atoms with Crippen molar-refractivity contribution in [3.05, 3.63) is 29.8 Å². The molecule has 0 aromatic heterocycles. The first-order valence-electron chi connectivity index (χ1n) is 7.01. The maximum absolute atomic E-state index is 12.1. The van der Waals surface area contributed by atoms with E-state index in [0.717, 1.165) is 5.56 Å². The van der Waals surface area contributed by atoms with Crippen LogP contribution in [0.5, 0.6) is 0 Å². The van der Waals surface area contributed by atoms with Gasteiger partial charge in [0.1, 0.15) is 11.9 Å². The normalized spacial score (nSPS) is 17.8. The molecule has 118 valence electrons. The molecule has 1 heterocycles. The zero-order chi connectivity index (χ0) is 16.1. The van der Waals surface area contributed by atoms with Crippen molar-refractivity contribution in [2.24, 2.45) is 0 Å². The number of hydrogen-bond donors (Lipinski definition) is 2. The molecule has 3 amide bonds. The predicted molar refractivity (Wildman–Crippen MR) is 83.7 cm³/mol. The van der Waals surface area contributed by atoms with Crippen LogP contribution in [-0.2, 0) is 14.4 Å². The molecule has 0 saturated carbocycles. The Labute approximate surface area is 133 Å². The Bertz CT molecular complexity index is 574. The molecule has 0 radical (unpaired) electrons. The van der Waals surface area contributed by atoms with Crippen LogP contribution in [0.25, 0.3) is 0 Å². The SMILES string of the molecule is Cc1ccc(NC(=O)C[C@@H]2C(=O)NCCN2C(=O)CCl)cc1. The first-order chi connectivity index (χ1) is 10.5. The van der Waals surface area contributed by atoms with Gasteiger partial charge in [-0.25, -0.2) is 0 Å². The number of piperazine rings is 1. The molecule has 6 nitrogen and oxygen atoms in total. The van der Waals surface area contributed by atoms with Gasteiger partial charge in [0, 0.05) is 18.8 Å². The van der Waals surface area contributed by atoms with Crippen LogP contribution in [0.2, 0.25) is 0 Å². The number of nitrogens with zero attached hydrogens (tertiary/aromatic N) is 1. The summed E-state index contributed by atoms with van der Waals surface area (Å²) in [4.78, 5) is 37.2. The smallest absolute Gasteiger partial charge is 0.243 e. The highest BCUT2D eigenvalue weighted by Gasteiger charge is 2.34. The van der Waals surface area contributed by atoms with E-state index in [1.807, 2.05) is 19.1 Å². The highest BCUT2D eigenvalue weighted by atomic mass is 35.5. The summed E-state index contributed by atoms with van der Waals surface area (Å²) in [6.07, 6.45) is -0.0949. The van der Waals surface area contributed by atoms with Crippen LogP contribution in [0.4, 0.5) is 5.69 Å². The Hall–Kier alpha value is -2.08. The van der Waals surface area contributed by atoms with Gasteiger partial charge < -0.3 is 15.5 Å². The Balaban J connectivity index is 2.02. The summed E-state index contributed by atoms with van der Waals surface area (Å²) in [5.41, 5.74) is 1.74. The Morgan fingerprint density at radius 3 is 2.68 bits per heavy atom. The number of hydrogen-bond acceptors (Lipinski definition) is 3. The monoisotopic (exact) mass is 323 g/mol. The molecule has 1 aliphatic heterocycles. The van der Waals surface area contributed by atoms with Crippen molar-refractivity contribution in [1.82, 2.24) is 10.2 Å². The van der Waals surface area contributed by atoms with Gasteiger partial charge in [0.15, 0.2) is 0 Å². The van der Waals surface area contributed by atoms with E-state index in [1.54, 1.807) is 12.1 Å². The Kier molecular flexibility index (Phi) is 5.38. The fourth-order valence-electron chi connectivity index (χ4n) is 2.32. The number of anilines is 1. The fourth-order valence-corrected chi connectivity index (χ4v) is 2.47. The molecular formula is C15H18ClN3O3. The van der Waals surface area contributed by atoms with Crippen molar-refractivity contribution in [2.45, 2.75) is 19.4 Å². The van der Waals surface area contributed by atoms with Crippen molar-refractivity contribution < 1.29 is 14.4 Å². The van der Waals surface area contributed by atoms with Gasteiger partial charge in [-0.1, -0.05) is 17.7 Å². The summed E-state index contributed by atoms with van der Waals surface area (Å²) in [5, 5.41) is 5.39. The second-order valence-corrected chi connectivity index (χ2v) is 5.41. The molecule has 0 unspecified atom stereocenters. The molecule has 0 spiro atoms. The number of benzene rings is 1. The van der Waals surface area contributed by atoms with Gasteiger partial charge in [-0.05, 0) is 19.1 Å². The highest BCUT2D eigenvalue weighted by molar-refractivity contribution is 6.27. The van der Waals surface area contributed by atoms with Gasteiger partial charge in [0.05, 0.1) is 6.42 Å². The zero-order valence-corrected chi connectivity index (χ0v) is 13.0. The molecule has 1 saturated heterocycles. The molecule has 1 aromatic rings. The number of alkyl halides is 1. The lowest BCUT2D eigenvalue weighted by atomic mass is 10.1. The summed E-state index contributed by atoms with van der Waals surface area (Å²) in [6, 6.07) is 6.52. The number of carbonyl (C=O) groups excluding carboxylic acids is 3. The molecule has 2 rings (SSSR count). The number of amides is 3. The van der Waals surface area contributed by atoms with Crippen molar-refractivity contribution in [1.29, 1.82) is 0 Å². The second kappa shape index (κ2) is 7.26. The van der Waals surface area contributed by atoms with Crippen LogP contribution < -0.4 is 10.6 Å². The van der Waals surface area contributed by atoms with Gasteiger partial charge in [0.2, 0.25) is 17.7 Å². The molecule has 1 fully saturated rings. The van der Waals surface area contributed by atoms with Gasteiger partial charge in [-0.15, -0.1) is 11.6 Å². The molecule has 7 heteroatoms. The molecule has 0 bridgehead atoms. The van der Waals surface area contributed by atoms with Crippen LogP contribution in [0.3, 0.4) is 0 Å². The fraction of sp³-hybridized carbons (Fsp3) is 0.400. The maximum Gasteiger partial charge on any atom is 0.243 e. The predicted octanol–water partition coefficient (Wildman–Crippen LogP) is 0.889. The molecule has 1 atom stereocenters. The van der Waals surface area contributed by atoms with E-state index in [-0.39, 0.29) is 30.0 Å². The van der Waals surface area contributed by atoms with E-state index >= 15 is 0 Å². The van der Waals surface area contributed by atoms with Crippen LogP contribution in [-0.4, -0.2) is 47.6 Å². The molecule has 2 N–H and O–H groups in total. The third-order valence-corrected chi connectivity index (χ3v) is 3.71. The quantitative estimate of drug-likeness (QED) is 0.808. The Morgan fingerprint density at radius 1 is 1.36 bits per heavy atom. The average Bonchev–Trinajstić information content (AvgIpc) is 2.51. The summed E-state index contributed by atoms with van der Waals surface area (Å²) in [7, 11) is 0. The lowest BCUT2D eigenvalue weighted by Crippen LogP contribution is -2.58. The topological polar surface area (TPSA) is 78.5 Å². The standard InChI is InChI=1S/C15H18ClN3O3/c1-10-2-4-11(5-3-10)18-13(20)8-12-15(22)17-6-7-19(12)14(21)9-16/h2-5,12H,6-9H2,1H3,(H,17,22)(H,18,20)/t12-/m1/s1. The van der Waals surface area contributed by atoms with Crippen molar-refractivity contribution in [3.63, 3.8) is 0 Å². The third kappa shape index (κ3) is 3.98. The minimum Gasteiger partial charge on any atom is -0.353 e. The van der Waals surface area contributed by atoms with Crippen LogP contribution >= 0.6 is 11.6 Å². The van der Waals surface area contributed by atoms with E-state index in [2.05, 4.69) is 10.6 Å². The van der Waals surface area contributed by atoms with E-state index < -0.39 is 6.04 Å². The highest BCUT2D eigenvalue weighted by Crippen LogP contribution is 2.13. The maximum atomic E-state index is 12.1. The van der Waals surface area contributed by atoms with Crippen molar-refractivity contribution in [2.75, 3.05) is 24.3 Å². The average molecular weight is 324 g/mol. The largest absolute Gasteiger partial charge is 0.353 e. The van der Waals surface area contributed by atoms with E-state index in [9.17, 15) is 14.4 Å². The first kappa shape index (κ1) is 16.3. The number of carbonyl (C=O) groups is 3. The van der Waals surface area contributed by atoms with Crippen LogP contribution in [0.15, 0.2) is 24.3 Å². The zero-order valence-electron chi connectivity index (χ0n) is 12.3. The summed E-state index contributed by atoms with van der Waals surface area (Å²) in [6.45, 7) is 2.69. The number of rotatable bonds is 4. The number of aryl methyl sites for hydroxylation is 1. The molecule has 22 heavy (non-hydrogen) atoms. The van der Waals surface area contributed by atoms with Crippen LogP contribution in [0, 0.1) is 6.92 Å². The molecule has 1 aliphatic rings. The van der Waals surface area contributed by atoms with Gasteiger partial charge in [-0.2, -0.15) is 0 Å². The van der Waals surface area contributed by atoms with Crippen molar-refractivity contribution in [3.8, 4) is 0 Å². The minimum atomic E-state index is -0.814. The van der Waals surface area contributed by atoms with Gasteiger partial charge in [0.25, 0.3) is 0 Å². The second-order valence-electron chi connectivity index (χ2n) is 5.15. The van der Waals surface area contributed by atoms with E-state index in [0.29, 0.717) is 18.8 Å².